The molecule has 1 aliphatic carbocycles. The van der Waals surface area contributed by atoms with Crippen LogP contribution in [0.4, 0.5) is 8.78 Å². The second-order valence-corrected chi connectivity index (χ2v) is 7.00. The first kappa shape index (κ1) is 16.9. The normalized spacial score (nSPS) is 18.5. The molecular formula is C21H17F2N5. The van der Waals surface area contributed by atoms with Crippen LogP contribution in [0.5, 0.6) is 0 Å². The van der Waals surface area contributed by atoms with Gasteiger partial charge in [-0.3, -0.25) is 4.98 Å². The molecule has 0 unspecified atom stereocenters. The van der Waals surface area contributed by atoms with Gasteiger partial charge >= 0.3 is 0 Å². The first-order chi connectivity index (χ1) is 13.7. The summed E-state index contributed by atoms with van der Waals surface area (Å²) in [6.07, 6.45) is 4.56. The van der Waals surface area contributed by atoms with Crippen molar-refractivity contribution < 1.29 is 8.78 Å². The van der Waals surface area contributed by atoms with E-state index in [1.165, 1.54) is 12.1 Å². The van der Waals surface area contributed by atoms with Crippen molar-refractivity contribution >= 4 is 10.9 Å². The molecular weight excluding hydrogens is 360 g/mol. The number of rotatable bonds is 5. The van der Waals surface area contributed by atoms with E-state index in [2.05, 4.69) is 20.6 Å². The third kappa shape index (κ3) is 3.14. The molecule has 5 nitrogen and oxygen atoms in total. The Hall–Kier alpha value is -3.19. The van der Waals surface area contributed by atoms with Gasteiger partial charge in [0.2, 0.25) is 0 Å². The molecule has 1 N–H and O–H groups in total. The molecule has 0 radical (unpaired) electrons. The van der Waals surface area contributed by atoms with Gasteiger partial charge in [0.1, 0.15) is 0 Å². The second kappa shape index (κ2) is 6.76. The number of fused-ring (bicyclic) bond motifs is 1. The summed E-state index contributed by atoms with van der Waals surface area (Å²) in [5.74, 6) is -1.40. The zero-order valence-corrected chi connectivity index (χ0v) is 14.9. The van der Waals surface area contributed by atoms with E-state index in [1.807, 2.05) is 36.5 Å². The summed E-state index contributed by atoms with van der Waals surface area (Å²) < 4.78 is 28.2. The van der Waals surface area contributed by atoms with Gasteiger partial charge in [0.15, 0.2) is 11.6 Å². The molecule has 2 heterocycles. The Morgan fingerprint density at radius 1 is 1.07 bits per heavy atom. The van der Waals surface area contributed by atoms with Crippen molar-refractivity contribution in [2.75, 3.05) is 0 Å². The number of hydrogen-bond donors (Lipinski definition) is 1. The molecule has 5 rings (SSSR count). The number of hydrogen-bond acceptors (Lipinski definition) is 4. The number of benzene rings is 2. The zero-order chi connectivity index (χ0) is 19.1. The van der Waals surface area contributed by atoms with Crippen LogP contribution in [0.2, 0.25) is 0 Å². The monoisotopic (exact) mass is 377 g/mol. The van der Waals surface area contributed by atoms with E-state index in [-0.39, 0.29) is 12.0 Å². The van der Waals surface area contributed by atoms with Gasteiger partial charge < -0.3 is 5.32 Å². The molecule has 7 heteroatoms. The number of nitrogens with zero attached hydrogens (tertiary/aromatic N) is 4. The molecule has 0 saturated heterocycles. The summed E-state index contributed by atoms with van der Waals surface area (Å²) in [6, 6.07) is 14.1. The maximum atomic E-state index is 13.4. The van der Waals surface area contributed by atoms with Gasteiger partial charge in [-0.05, 0) is 48.4 Å². The van der Waals surface area contributed by atoms with Gasteiger partial charge in [-0.15, -0.1) is 5.10 Å². The zero-order valence-electron chi connectivity index (χ0n) is 14.9. The largest absolute Gasteiger partial charge is 0.308 e. The lowest BCUT2D eigenvalue weighted by Gasteiger charge is -2.04. The van der Waals surface area contributed by atoms with Gasteiger partial charge in [-0.2, -0.15) is 0 Å². The quantitative estimate of drug-likeness (QED) is 0.576. The maximum Gasteiger partial charge on any atom is 0.159 e. The van der Waals surface area contributed by atoms with Crippen molar-refractivity contribution in [3.63, 3.8) is 0 Å². The van der Waals surface area contributed by atoms with Gasteiger partial charge in [-0.25, -0.2) is 13.5 Å². The Balaban J connectivity index is 1.27. The molecule has 0 amide bonds. The molecule has 1 aliphatic rings. The molecule has 0 spiro atoms. The summed E-state index contributed by atoms with van der Waals surface area (Å²) in [6.45, 7) is 0.563. The lowest BCUT2D eigenvalue weighted by Crippen LogP contribution is -2.17. The fourth-order valence-electron chi connectivity index (χ4n) is 3.55. The first-order valence-corrected chi connectivity index (χ1v) is 9.13. The van der Waals surface area contributed by atoms with Gasteiger partial charge in [0, 0.05) is 30.1 Å². The number of aromatic nitrogens is 4. The molecule has 0 bridgehead atoms. The predicted octanol–water partition coefficient (Wildman–Crippen LogP) is 3.74. The van der Waals surface area contributed by atoms with Crippen molar-refractivity contribution in [3.05, 3.63) is 83.8 Å². The minimum absolute atomic E-state index is 0.203. The lowest BCUT2D eigenvalue weighted by molar-refractivity contribution is 0.506. The Bertz CT molecular complexity index is 1150. The second-order valence-electron chi connectivity index (χ2n) is 7.00. The summed E-state index contributed by atoms with van der Waals surface area (Å²) in [4.78, 5) is 4.37. The molecule has 2 aromatic carbocycles. The number of halogens is 2. The number of nitrogens with one attached hydrogen (secondary N) is 1. The third-order valence-electron chi connectivity index (χ3n) is 5.12. The summed E-state index contributed by atoms with van der Waals surface area (Å²) in [5.41, 5.74) is 3.47. The minimum atomic E-state index is -0.811. The highest BCUT2D eigenvalue weighted by Crippen LogP contribution is 2.41. The molecule has 1 fully saturated rings. The van der Waals surface area contributed by atoms with E-state index in [1.54, 1.807) is 16.9 Å². The SMILES string of the molecule is Fc1ccc([C@@H]2C[C@H]2NCc2cn(-c3cccc4ncccc34)nn2)cc1F. The fourth-order valence-corrected chi connectivity index (χ4v) is 3.55. The van der Waals surface area contributed by atoms with Crippen molar-refractivity contribution in [2.24, 2.45) is 0 Å². The highest BCUT2D eigenvalue weighted by molar-refractivity contribution is 5.86. The third-order valence-corrected chi connectivity index (χ3v) is 5.12. The van der Waals surface area contributed by atoms with Crippen LogP contribution in [0.15, 0.2) is 60.9 Å². The Labute approximate surface area is 160 Å². The molecule has 4 aromatic rings. The smallest absolute Gasteiger partial charge is 0.159 e. The fraction of sp³-hybridized carbons (Fsp3) is 0.190. The van der Waals surface area contributed by atoms with Crippen LogP contribution in [0.1, 0.15) is 23.6 Å². The summed E-state index contributed by atoms with van der Waals surface area (Å²) in [7, 11) is 0. The van der Waals surface area contributed by atoms with Crippen LogP contribution in [-0.2, 0) is 6.54 Å². The maximum absolute atomic E-state index is 13.4. The standard InChI is InChI=1S/C21H17F2N5/c22-17-7-6-13(9-18(17)23)16-10-20(16)25-11-14-12-28(27-26-14)21-5-1-4-19-15(21)3-2-8-24-19/h1-9,12,16,20,25H,10-11H2/t16-,20+/m0/s1. The Morgan fingerprint density at radius 2 is 2.00 bits per heavy atom. The Morgan fingerprint density at radius 3 is 2.89 bits per heavy atom. The summed E-state index contributed by atoms with van der Waals surface area (Å²) >= 11 is 0. The minimum Gasteiger partial charge on any atom is -0.308 e. The average Bonchev–Trinajstić information content (AvgIpc) is 3.35. The van der Waals surface area contributed by atoms with Crippen molar-refractivity contribution in [1.82, 2.24) is 25.3 Å². The number of pyridine rings is 1. The lowest BCUT2D eigenvalue weighted by atomic mass is 10.1. The van der Waals surface area contributed by atoms with E-state index < -0.39 is 11.6 Å². The van der Waals surface area contributed by atoms with Crippen LogP contribution >= 0.6 is 0 Å². The molecule has 2 aromatic heterocycles. The average molecular weight is 377 g/mol. The van der Waals surface area contributed by atoms with Crippen molar-refractivity contribution in [3.8, 4) is 5.69 Å². The first-order valence-electron chi connectivity index (χ1n) is 9.13. The highest BCUT2D eigenvalue weighted by atomic mass is 19.2. The molecule has 0 aliphatic heterocycles. The van der Waals surface area contributed by atoms with Crippen LogP contribution in [0, 0.1) is 11.6 Å². The predicted molar refractivity (Wildman–Crippen MR) is 101 cm³/mol. The van der Waals surface area contributed by atoms with Crippen LogP contribution in [0.3, 0.4) is 0 Å². The van der Waals surface area contributed by atoms with Crippen LogP contribution in [0.25, 0.3) is 16.6 Å². The van der Waals surface area contributed by atoms with Gasteiger partial charge in [0.25, 0.3) is 0 Å². The van der Waals surface area contributed by atoms with E-state index in [9.17, 15) is 8.78 Å². The highest BCUT2D eigenvalue weighted by Gasteiger charge is 2.38. The summed E-state index contributed by atoms with van der Waals surface area (Å²) in [5, 5.41) is 12.9. The van der Waals surface area contributed by atoms with Crippen molar-refractivity contribution in [2.45, 2.75) is 24.9 Å². The Kier molecular flexibility index (Phi) is 4.09. The topological polar surface area (TPSA) is 55.6 Å². The van der Waals surface area contributed by atoms with E-state index in [4.69, 9.17) is 0 Å². The van der Waals surface area contributed by atoms with Crippen LogP contribution in [-0.4, -0.2) is 26.0 Å². The van der Waals surface area contributed by atoms with Crippen LogP contribution < -0.4 is 5.32 Å². The molecule has 1 saturated carbocycles. The molecule has 2 atom stereocenters. The molecule has 28 heavy (non-hydrogen) atoms. The van der Waals surface area contributed by atoms with E-state index in [0.29, 0.717) is 6.54 Å². The van der Waals surface area contributed by atoms with E-state index in [0.717, 1.165) is 34.3 Å². The molecule has 140 valence electrons. The van der Waals surface area contributed by atoms with Gasteiger partial charge in [-0.1, -0.05) is 17.3 Å². The van der Waals surface area contributed by atoms with Crippen molar-refractivity contribution in [1.29, 1.82) is 0 Å². The van der Waals surface area contributed by atoms with E-state index >= 15 is 0 Å². The van der Waals surface area contributed by atoms with Gasteiger partial charge in [0.05, 0.1) is 23.1 Å².